The van der Waals surface area contributed by atoms with E-state index >= 15 is 0 Å². The lowest BCUT2D eigenvalue weighted by atomic mass is 9.79. The van der Waals surface area contributed by atoms with Gasteiger partial charge in [0.2, 0.25) is 0 Å². The zero-order valence-corrected chi connectivity index (χ0v) is 13.1. The van der Waals surface area contributed by atoms with Crippen molar-refractivity contribution >= 4 is 11.6 Å². The molecule has 1 aromatic rings. The number of nitrogen functional groups attached to an aromatic ring is 1. The van der Waals surface area contributed by atoms with E-state index in [4.69, 9.17) is 5.73 Å². The van der Waals surface area contributed by atoms with Gasteiger partial charge in [0.1, 0.15) is 5.82 Å². The van der Waals surface area contributed by atoms with Crippen molar-refractivity contribution in [3.8, 4) is 0 Å². The quantitative estimate of drug-likeness (QED) is 0.734. The van der Waals surface area contributed by atoms with Crippen molar-refractivity contribution < 1.29 is 9.18 Å². The number of hydrogen-bond acceptors (Lipinski definition) is 3. The molecule has 4 N–H and O–H groups in total. The summed E-state index contributed by atoms with van der Waals surface area (Å²) in [5, 5.41) is 6.59. The largest absolute Gasteiger partial charge is 0.398 e. The Morgan fingerprint density at radius 1 is 1.29 bits per heavy atom. The number of carbonyl (C=O) groups is 1. The van der Waals surface area contributed by atoms with Crippen LogP contribution in [0.25, 0.3) is 0 Å². The number of rotatable bonds is 2. The standard InChI is InChI=1S/C16H24FN3O/c1-15(2)8-11(9-16(3,4)20-15)19-14(21)12-6-5-10(17)7-13(12)18/h5-7,11,20H,8-9,18H2,1-4H3,(H,19,21). The van der Waals surface area contributed by atoms with Crippen LogP contribution < -0.4 is 16.4 Å². The molecule has 116 valence electrons. The average molecular weight is 293 g/mol. The molecule has 4 nitrogen and oxygen atoms in total. The summed E-state index contributed by atoms with van der Waals surface area (Å²) < 4.78 is 13.1. The molecule has 1 heterocycles. The van der Waals surface area contributed by atoms with E-state index in [1.165, 1.54) is 18.2 Å². The van der Waals surface area contributed by atoms with Gasteiger partial charge in [0.05, 0.1) is 5.56 Å². The summed E-state index contributed by atoms with van der Waals surface area (Å²) in [5.41, 5.74) is 6.12. The summed E-state index contributed by atoms with van der Waals surface area (Å²) >= 11 is 0. The monoisotopic (exact) mass is 293 g/mol. The Morgan fingerprint density at radius 2 is 1.86 bits per heavy atom. The fourth-order valence-corrected chi connectivity index (χ4v) is 3.43. The van der Waals surface area contributed by atoms with Crippen LogP contribution in [-0.2, 0) is 0 Å². The van der Waals surface area contributed by atoms with E-state index in [2.05, 4.69) is 38.3 Å². The van der Waals surface area contributed by atoms with Gasteiger partial charge < -0.3 is 16.4 Å². The minimum Gasteiger partial charge on any atom is -0.398 e. The smallest absolute Gasteiger partial charge is 0.253 e. The topological polar surface area (TPSA) is 67.2 Å². The number of halogens is 1. The summed E-state index contributed by atoms with van der Waals surface area (Å²) in [4.78, 5) is 12.3. The second-order valence-corrected chi connectivity index (χ2v) is 7.20. The fourth-order valence-electron chi connectivity index (χ4n) is 3.43. The normalized spacial score (nSPS) is 21.0. The maximum atomic E-state index is 13.1. The summed E-state index contributed by atoms with van der Waals surface area (Å²) in [6, 6.07) is 3.91. The number of nitrogens with two attached hydrogens (primary N) is 1. The number of amides is 1. The Morgan fingerprint density at radius 3 is 2.38 bits per heavy atom. The molecule has 0 aliphatic carbocycles. The molecule has 21 heavy (non-hydrogen) atoms. The van der Waals surface area contributed by atoms with Gasteiger partial charge >= 0.3 is 0 Å². The van der Waals surface area contributed by atoms with E-state index in [1.54, 1.807) is 0 Å². The Hall–Kier alpha value is -1.62. The molecule has 2 rings (SSSR count). The number of piperidine rings is 1. The first-order valence-corrected chi connectivity index (χ1v) is 7.23. The molecule has 1 fully saturated rings. The first-order chi connectivity index (χ1) is 9.58. The molecule has 0 aromatic heterocycles. The van der Waals surface area contributed by atoms with Crippen LogP contribution >= 0.6 is 0 Å². The average Bonchev–Trinajstić information content (AvgIpc) is 2.23. The van der Waals surface area contributed by atoms with Crippen molar-refractivity contribution in [3.63, 3.8) is 0 Å². The Bertz CT molecular complexity index is 538. The van der Waals surface area contributed by atoms with Crippen LogP contribution in [-0.4, -0.2) is 23.0 Å². The predicted molar refractivity (Wildman–Crippen MR) is 82.6 cm³/mol. The highest BCUT2D eigenvalue weighted by atomic mass is 19.1. The SMILES string of the molecule is CC1(C)CC(NC(=O)c2ccc(F)cc2N)CC(C)(C)N1. The molecule has 0 unspecified atom stereocenters. The van der Waals surface area contributed by atoms with Crippen molar-refractivity contribution in [1.82, 2.24) is 10.6 Å². The van der Waals surface area contributed by atoms with Gasteiger partial charge in [-0.3, -0.25) is 4.79 Å². The first kappa shape index (κ1) is 15.8. The maximum absolute atomic E-state index is 13.1. The summed E-state index contributed by atoms with van der Waals surface area (Å²) in [6.07, 6.45) is 1.67. The molecule has 5 heteroatoms. The van der Waals surface area contributed by atoms with Crippen LogP contribution in [0.4, 0.5) is 10.1 Å². The molecule has 1 saturated heterocycles. The molecule has 0 bridgehead atoms. The van der Waals surface area contributed by atoms with Gasteiger partial charge in [0, 0.05) is 22.8 Å². The summed E-state index contributed by atoms with van der Waals surface area (Å²) in [5.74, 6) is -0.681. The first-order valence-electron chi connectivity index (χ1n) is 7.23. The minimum absolute atomic E-state index is 0.0476. The lowest BCUT2D eigenvalue weighted by Crippen LogP contribution is -2.62. The molecule has 1 aromatic carbocycles. The van der Waals surface area contributed by atoms with Crippen LogP contribution in [0, 0.1) is 5.82 Å². The van der Waals surface area contributed by atoms with E-state index in [-0.39, 0.29) is 28.7 Å². The lowest BCUT2D eigenvalue weighted by Gasteiger charge is -2.46. The highest BCUT2D eigenvalue weighted by Crippen LogP contribution is 2.28. The van der Waals surface area contributed by atoms with Crippen molar-refractivity contribution in [1.29, 1.82) is 0 Å². The van der Waals surface area contributed by atoms with Crippen molar-refractivity contribution in [2.75, 3.05) is 5.73 Å². The number of nitrogens with one attached hydrogen (secondary N) is 2. The van der Waals surface area contributed by atoms with Gasteiger partial charge in [-0.1, -0.05) is 0 Å². The molecule has 0 saturated carbocycles. The highest BCUT2D eigenvalue weighted by Gasteiger charge is 2.38. The van der Waals surface area contributed by atoms with Gasteiger partial charge in [-0.05, 0) is 58.7 Å². The molecule has 0 atom stereocenters. The molecule has 1 amide bonds. The van der Waals surface area contributed by atoms with Gasteiger partial charge in [0.15, 0.2) is 0 Å². The molecular formula is C16H24FN3O. The fraction of sp³-hybridized carbons (Fsp3) is 0.562. The van der Waals surface area contributed by atoms with Crippen molar-refractivity contribution in [3.05, 3.63) is 29.6 Å². The third-order valence-electron chi connectivity index (χ3n) is 3.78. The molecule has 1 aliphatic heterocycles. The minimum atomic E-state index is -0.437. The number of carbonyl (C=O) groups excluding carboxylic acids is 1. The lowest BCUT2D eigenvalue weighted by molar-refractivity contribution is 0.0874. The number of benzene rings is 1. The van der Waals surface area contributed by atoms with E-state index in [0.29, 0.717) is 5.56 Å². The molecule has 0 radical (unpaired) electrons. The van der Waals surface area contributed by atoms with E-state index < -0.39 is 5.82 Å². The molecule has 1 aliphatic rings. The Kier molecular flexibility index (Phi) is 3.97. The molecular weight excluding hydrogens is 269 g/mol. The summed E-state index contributed by atoms with van der Waals surface area (Å²) in [7, 11) is 0. The van der Waals surface area contributed by atoms with Gasteiger partial charge in [-0.25, -0.2) is 4.39 Å². The highest BCUT2D eigenvalue weighted by molar-refractivity contribution is 5.99. The van der Waals surface area contributed by atoms with Crippen molar-refractivity contribution in [2.45, 2.75) is 57.7 Å². The predicted octanol–water partition coefficient (Wildman–Crippen LogP) is 2.45. The van der Waals surface area contributed by atoms with Crippen LogP contribution in [0.1, 0.15) is 50.9 Å². The van der Waals surface area contributed by atoms with Crippen LogP contribution in [0.5, 0.6) is 0 Å². The second-order valence-electron chi connectivity index (χ2n) is 7.20. The zero-order chi connectivity index (χ0) is 15.8. The third-order valence-corrected chi connectivity index (χ3v) is 3.78. The van der Waals surface area contributed by atoms with E-state index in [9.17, 15) is 9.18 Å². The number of anilines is 1. The second kappa shape index (κ2) is 5.30. The van der Waals surface area contributed by atoms with E-state index in [0.717, 1.165) is 12.8 Å². The van der Waals surface area contributed by atoms with Crippen molar-refractivity contribution in [2.24, 2.45) is 0 Å². The molecule has 0 spiro atoms. The summed E-state index contributed by atoms with van der Waals surface area (Å²) in [6.45, 7) is 8.50. The van der Waals surface area contributed by atoms with Crippen LogP contribution in [0.2, 0.25) is 0 Å². The van der Waals surface area contributed by atoms with Gasteiger partial charge in [0.25, 0.3) is 5.91 Å². The van der Waals surface area contributed by atoms with Crippen LogP contribution in [0.15, 0.2) is 18.2 Å². The zero-order valence-electron chi connectivity index (χ0n) is 13.1. The third kappa shape index (κ3) is 3.94. The van der Waals surface area contributed by atoms with E-state index in [1.807, 2.05) is 0 Å². The maximum Gasteiger partial charge on any atom is 0.253 e. The number of hydrogen-bond donors (Lipinski definition) is 3. The van der Waals surface area contributed by atoms with Gasteiger partial charge in [-0.15, -0.1) is 0 Å². The Labute approximate surface area is 125 Å². The van der Waals surface area contributed by atoms with Gasteiger partial charge in [-0.2, -0.15) is 0 Å². The van der Waals surface area contributed by atoms with Crippen LogP contribution in [0.3, 0.4) is 0 Å². The Balaban J connectivity index is 2.12.